The average molecular weight is 458 g/mol. The summed E-state index contributed by atoms with van der Waals surface area (Å²) in [6.07, 6.45) is 0. The van der Waals surface area contributed by atoms with Crippen LogP contribution in [-0.2, 0) is 16.1 Å². The van der Waals surface area contributed by atoms with Gasteiger partial charge in [-0.2, -0.15) is 0 Å². The summed E-state index contributed by atoms with van der Waals surface area (Å²) < 4.78 is 7.56. The number of carbonyl (C=O) groups excluding carboxylic acids is 1. The van der Waals surface area contributed by atoms with Crippen LogP contribution in [0.5, 0.6) is 0 Å². The van der Waals surface area contributed by atoms with E-state index in [1.165, 1.54) is 11.8 Å². The number of halogens is 1. The van der Waals surface area contributed by atoms with Gasteiger partial charge in [0.2, 0.25) is 11.9 Å². The zero-order valence-corrected chi connectivity index (χ0v) is 18.8. The van der Waals surface area contributed by atoms with Crippen LogP contribution in [-0.4, -0.2) is 52.2 Å². The lowest BCUT2D eigenvalue weighted by Gasteiger charge is -2.28. The standard InChI is InChI=1S/C22H24ClN5O2S/c1-16(20(29)24-19-9-5-8-18(23)14-19)31-22-26-25-21(27-10-12-30-13-11-27)28(22)15-17-6-3-2-4-7-17/h2-9,14,16H,10-13,15H2,1H3,(H,24,29). The number of ether oxygens (including phenoxy) is 1. The largest absolute Gasteiger partial charge is 0.378 e. The molecule has 1 fully saturated rings. The number of thioether (sulfide) groups is 1. The molecule has 1 unspecified atom stereocenters. The molecule has 1 aliphatic rings. The lowest BCUT2D eigenvalue weighted by molar-refractivity contribution is -0.115. The minimum atomic E-state index is -0.366. The van der Waals surface area contributed by atoms with E-state index in [2.05, 4.69) is 37.1 Å². The molecule has 3 aromatic rings. The second-order valence-corrected chi connectivity index (χ2v) is 8.96. The maximum atomic E-state index is 12.7. The summed E-state index contributed by atoms with van der Waals surface area (Å²) in [5, 5.41) is 12.7. The number of morpholine rings is 1. The molecule has 2 heterocycles. The van der Waals surface area contributed by atoms with Crippen molar-refractivity contribution in [3.8, 4) is 0 Å². The number of nitrogens with one attached hydrogen (secondary N) is 1. The monoisotopic (exact) mass is 457 g/mol. The molecule has 1 N–H and O–H groups in total. The van der Waals surface area contributed by atoms with Crippen LogP contribution in [0.2, 0.25) is 5.02 Å². The molecular formula is C22H24ClN5O2S. The Balaban J connectivity index is 1.53. The second kappa shape index (κ2) is 10.2. The molecule has 4 rings (SSSR count). The minimum Gasteiger partial charge on any atom is -0.378 e. The molecule has 9 heteroatoms. The summed E-state index contributed by atoms with van der Waals surface area (Å²) in [5.74, 6) is 0.687. The van der Waals surface area contributed by atoms with E-state index in [1.807, 2.05) is 31.2 Å². The van der Waals surface area contributed by atoms with Crippen LogP contribution in [0.4, 0.5) is 11.6 Å². The fourth-order valence-corrected chi connectivity index (χ4v) is 4.33. The van der Waals surface area contributed by atoms with Gasteiger partial charge in [-0.05, 0) is 30.7 Å². The third kappa shape index (κ3) is 5.58. The summed E-state index contributed by atoms with van der Waals surface area (Å²) in [5.41, 5.74) is 1.82. The number of carbonyl (C=O) groups is 1. The predicted molar refractivity (Wildman–Crippen MR) is 124 cm³/mol. The SMILES string of the molecule is CC(Sc1nnc(N2CCOCC2)n1Cc1ccccc1)C(=O)Nc1cccc(Cl)c1. The van der Waals surface area contributed by atoms with Gasteiger partial charge in [-0.3, -0.25) is 9.36 Å². The first-order valence-electron chi connectivity index (χ1n) is 10.1. The molecule has 31 heavy (non-hydrogen) atoms. The topological polar surface area (TPSA) is 72.3 Å². The Bertz CT molecular complexity index is 1020. The third-order valence-electron chi connectivity index (χ3n) is 4.92. The smallest absolute Gasteiger partial charge is 0.237 e. The van der Waals surface area contributed by atoms with E-state index in [9.17, 15) is 4.79 Å². The Morgan fingerprint density at radius 1 is 1.16 bits per heavy atom. The molecule has 0 saturated carbocycles. The Morgan fingerprint density at radius 2 is 1.94 bits per heavy atom. The zero-order valence-electron chi connectivity index (χ0n) is 17.2. The van der Waals surface area contributed by atoms with Gasteiger partial charge >= 0.3 is 0 Å². The number of nitrogens with zero attached hydrogens (tertiary/aromatic N) is 4. The molecule has 7 nitrogen and oxygen atoms in total. The van der Waals surface area contributed by atoms with Crippen molar-refractivity contribution in [2.24, 2.45) is 0 Å². The van der Waals surface area contributed by atoms with Gasteiger partial charge < -0.3 is 15.0 Å². The van der Waals surface area contributed by atoms with E-state index in [-0.39, 0.29) is 11.2 Å². The lowest BCUT2D eigenvalue weighted by atomic mass is 10.2. The number of anilines is 2. The number of hydrogen-bond acceptors (Lipinski definition) is 6. The van der Waals surface area contributed by atoms with E-state index in [1.54, 1.807) is 18.2 Å². The van der Waals surface area contributed by atoms with Crippen LogP contribution in [0, 0.1) is 0 Å². The molecule has 0 spiro atoms. The first-order chi connectivity index (χ1) is 15.1. The third-order valence-corrected chi connectivity index (χ3v) is 6.23. The summed E-state index contributed by atoms with van der Waals surface area (Å²) in [4.78, 5) is 14.9. The van der Waals surface area contributed by atoms with Gasteiger partial charge in [0.1, 0.15) is 0 Å². The summed E-state index contributed by atoms with van der Waals surface area (Å²) >= 11 is 7.41. The summed E-state index contributed by atoms with van der Waals surface area (Å²) in [6.45, 7) is 5.36. The van der Waals surface area contributed by atoms with Gasteiger partial charge in [0.05, 0.1) is 25.0 Å². The zero-order chi connectivity index (χ0) is 21.6. The van der Waals surface area contributed by atoms with Crippen LogP contribution in [0.3, 0.4) is 0 Å². The van der Waals surface area contributed by atoms with Crippen molar-refractivity contribution in [1.29, 1.82) is 0 Å². The molecule has 162 valence electrons. The first-order valence-corrected chi connectivity index (χ1v) is 11.4. The molecule has 1 saturated heterocycles. The predicted octanol–water partition coefficient (Wildman–Crippen LogP) is 3.94. The number of benzene rings is 2. The van der Waals surface area contributed by atoms with Crippen LogP contribution < -0.4 is 10.2 Å². The Hall–Kier alpha value is -2.55. The van der Waals surface area contributed by atoms with Gasteiger partial charge in [-0.1, -0.05) is 59.8 Å². The molecule has 1 aromatic heterocycles. The average Bonchev–Trinajstić information content (AvgIpc) is 3.17. The highest BCUT2D eigenvalue weighted by molar-refractivity contribution is 8.00. The van der Waals surface area contributed by atoms with Crippen molar-refractivity contribution in [3.63, 3.8) is 0 Å². The van der Waals surface area contributed by atoms with E-state index < -0.39 is 0 Å². The highest BCUT2D eigenvalue weighted by Gasteiger charge is 2.24. The van der Waals surface area contributed by atoms with Crippen LogP contribution in [0.15, 0.2) is 59.8 Å². The van der Waals surface area contributed by atoms with Crippen molar-refractivity contribution in [3.05, 3.63) is 65.2 Å². The molecule has 0 radical (unpaired) electrons. The van der Waals surface area contributed by atoms with Gasteiger partial charge in [-0.25, -0.2) is 0 Å². The number of rotatable bonds is 7. The molecule has 1 aliphatic heterocycles. The van der Waals surface area contributed by atoms with E-state index in [0.29, 0.717) is 35.6 Å². The maximum Gasteiger partial charge on any atom is 0.237 e. The van der Waals surface area contributed by atoms with Gasteiger partial charge in [0.25, 0.3) is 0 Å². The minimum absolute atomic E-state index is 0.116. The van der Waals surface area contributed by atoms with Crippen LogP contribution in [0.1, 0.15) is 12.5 Å². The molecular weight excluding hydrogens is 434 g/mol. The lowest BCUT2D eigenvalue weighted by Crippen LogP contribution is -2.38. The number of amides is 1. The van der Waals surface area contributed by atoms with Crippen molar-refractivity contribution in [1.82, 2.24) is 14.8 Å². The highest BCUT2D eigenvalue weighted by Crippen LogP contribution is 2.28. The van der Waals surface area contributed by atoms with Gasteiger partial charge in [-0.15, -0.1) is 10.2 Å². The normalized spacial score (nSPS) is 15.0. The Kier molecular flexibility index (Phi) is 7.11. The second-order valence-electron chi connectivity index (χ2n) is 7.21. The van der Waals surface area contributed by atoms with Crippen molar-refractivity contribution < 1.29 is 9.53 Å². The molecule has 1 amide bonds. The van der Waals surface area contributed by atoms with E-state index in [0.717, 1.165) is 24.6 Å². The number of aromatic nitrogens is 3. The van der Waals surface area contributed by atoms with E-state index >= 15 is 0 Å². The summed E-state index contributed by atoms with van der Waals surface area (Å²) in [7, 11) is 0. The quantitative estimate of drug-likeness (QED) is 0.542. The molecule has 0 aliphatic carbocycles. The van der Waals surface area contributed by atoms with E-state index in [4.69, 9.17) is 16.3 Å². The maximum absolute atomic E-state index is 12.7. The summed E-state index contributed by atoms with van der Waals surface area (Å²) in [6, 6.07) is 17.3. The van der Waals surface area contributed by atoms with Crippen molar-refractivity contribution in [2.75, 3.05) is 36.5 Å². The fourth-order valence-electron chi connectivity index (χ4n) is 3.29. The molecule has 2 aromatic carbocycles. The molecule has 1 atom stereocenters. The number of hydrogen-bond donors (Lipinski definition) is 1. The first kappa shape index (κ1) is 21.7. The van der Waals surface area contributed by atoms with Crippen LogP contribution in [0.25, 0.3) is 0 Å². The van der Waals surface area contributed by atoms with Gasteiger partial charge in [0, 0.05) is 23.8 Å². The Labute approximate surface area is 190 Å². The van der Waals surface area contributed by atoms with Crippen molar-refractivity contribution >= 4 is 40.9 Å². The fraction of sp³-hybridized carbons (Fsp3) is 0.318. The molecule has 0 bridgehead atoms. The Morgan fingerprint density at radius 3 is 2.68 bits per heavy atom. The van der Waals surface area contributed by atoms with Crippen LogP contribution >= 0.6 is 23.4 Å². The highest BCUT2D eigenvalue weighted by atomic mass is 35.5. The van der Waals surface area contributed by atoms with Crippen molar-refractivity contribution in [2.45, 2.75) is 23.9 Å². The van der Waals surface area contributed by atoms with Gasteiger partial charge in [0.15, 0.2) is 5.16 Å².